The number of phenolic OH excluding ortho intramolecular Hbond substituents is 1. The van der Waals surface area contributed by atoms with E-state index in [-0.39, 0.29) is 11.8 Å². The summed E-state index contributed by atoms with van der Waals surface area (Å²) in [6.45, 7) is 0.583. The molecule has 1 atom stereocenters. The van der Waals surface area contributed by atoms with Crippen molar-refractivity contribution in [3.05, 3.63) is 54.4 Å². The molecule has 9 heteroatoms. The second-order valence-corrected chi connectivity index (χ2v) is 7.95. The first-order valence-corrected chi connectivity index (χ1v) is 10.0. The van der Waals surface area contributed by atoms with Crippen LogP contribution in [-0.2, 0) is 6.42 Å². The van der Waals surface area contributed by atoms with Crippen LogP contribution in [0, 0.1) is 0 Å². The van der Waals surface area contributed by atoms with Crippen molar-refractivity contribution in [2.24, 2.45) is 5.73 Å². The predicted octanol–water partition coefficient (Wildman–Crippen LogP) is 3.25. The normalized spacial score (nSPS) is 12.6. The first kappa shape index (κ1) is 17.7. The van der Waals surface area contributed by atoms with Crippen LogP contribution >= 0.6 is 11.3 Å². The number of aromatic nitrogens is 5. The lowest BCUT2D eigenvalue weighted by molar-refractivity contribution is 0.476. The molecule has 5 rings (SSSR count). The van der Waals surface area contributed by atoms with Crippen molar-refractivity contribution < 1.29 is 5.11 Å². The van der Waals surface area contributed by atoms with Gasteiger partial charge in [-0.1, -0.05) is 11.3 Å². The molecule has 0 saturated carbocycles. The zero-order chi connectivity index (χ0) is 19.8. The molecule has 0 aliphatic rings. The van der Waals surface area contributed by atoms with Gasteiger partial charge in [-0.3, -0.25) is 5.10 Å². The summed E-state index contributed by atoms with van der Waals surface area (Å²) in [4.78, 5) is 3.18. The van der Waals surface area contributed by atoms with Gasteiger partial charge in [-0.05, 0) is 42.3 Å². The van der Waals surface area contributed by atoms with E-state index in [1.54, 1.807) is 18.3 Å². The van der Waals surface area contributed by atoms with Crippen molar-refractivity contribution in [3.63, 3.8) is 0 Å². The van der Waals surface area contributed by atoms with Gasteiger partial charge in [0.15, 0.2) is 0 Å². The number of nitrogens with two attached hydrogens (primary N) is 1. The van der Waals surface area contributed by atoms with E-state index in [4.69, 9.17) is 5.73 Å². The van der Waals surface area contributed by atoms with Crippen LogP contribution in [0.25, 0.3) is 32.4 Å². The molecule has 8 nitrogen and oxygen atoms in total. The summed E-state index contributed by atoms with van der Waals surface area (Å²) in [5.74, 6) is 0.246. The van der Waals surface area contributed by atoms with E-state index in [0.29, 0.717) is 13.0 Å². The number of hydrogen-bond donors (Lipinski definition) is 5. The Balaban J connectivity index is 1.24. The Bertz CT molecular complexity index is 1290. The van der Waals surface area contributed by atoms with E-state index in [1.165, 1.54) is 11.3 Å². The SMILES string of the molecule is N[C@H](CNc1nnc(-c2ccc3[nH]ncc3c2)s1)Cc1c[nH]c2cc(O)ccc12. The number of aromatic hydroxyl groups is 1. The van der Waals surface area contributed by atoms with Gasteiger partial charge in [-0.15, -0.1) is 10.2 Å². The third-order valence-corrected chi connectivity index (χ3v) is 5.79. The van der Waals surface area contributed by atoms with E-state index in [0.717, 1.165) is 43.1 Å². The minimum Gasteiger partial charge on any atom is -0.508 e. The highest BCUT2D eigenvalue weighted by Gasteiger charge is 2.12. The maximum atomic E-state index is 9.59. The topological polar surface area (TPSA) is 129 Å². The lowest BCUT2D eigenvalue weighted by Crippen LogP contribution is -2.31. The quantitative estimate of drug-likeness (QED) is 0.295. The second-order valence-electron chi connectivity index (χ2n) is 6.97. The molecule has 0 bridgehead atoms. The molecule has 3 heterocycles. The first-order valence-electron chi connectivity index (χ1n) is 9.21. The molecule has 0 saturated heterocycles. The van der Waals surface area contributed by atoms with Gasteiger partial charge >= 0.3 is 0 Å². The van der Waals surface area contributed by atoms with Crippen molar-refractivity contribution in [1.29, 1.82) is 0 Å². The first-order chi connectivity index (χ1) is 14.2. The molecule has 0 fully saturated rings. The lowest BCUT2D eigenvalue weighted by atomic mass is 10.1. The fourth-order valence-corrected chi connectivity index (χ4v) is 4.15. The van der Waals surface area contributed by atoms with Gasteiger partial charge in [0.2, 0.25) is 5.13 Å². The molecule has 146 valence electrons. The number of H-pyrrole nitrogens is 2. The number of aromatic amines is 2. The summed E-state index contributed by atoms with van der Waals surface area (Å²) in [6, 6.07) is 11.3. The molecule has 0 amide bonds. The number of hydrogen-bond acceptors (Lipinski definition) is 7. The van der Waals surface area contributed by atoms with Crippen molar-refractivity contribution >= 4 is 38.3 Å². The fraction of sp³-hybridized carbons (Fsp3) is 0.150. The number of phenols is 1. The van der Waals surface area contributed by atoms with Crippen molar-refractivity contribution in [3.8, 4) is 16.3 Å². The van der Waals surface area contributed by atoms with Gasteiger partial charge in [0.1, 0.15) is 10.8 Å². The van der Waals surface area contributed by atoms with Crippen LogP contribution in [0.4, 0.5) is 5.13 Å². The van der Waals surface area contributed by atoms with E-state index in [1.807, 2.05) is 30.5 Å². The molecule has 5 aromatic rings. The van der Waals surface area contributed by atoms with E-state index in [9.17, 15) is 5.11 Å². The van der Waals surface area contributed by atoms with E-state index in [2.05, 4.69) is 30.7 Å². The van der Waals surface area contributed by atoms with Crippen LogP contribution < -0.4 is 11.1 Å². The van der Waals surface area contributed by atoms with Gasteiger partial charge in [0.05, 0.1) is 11.7 Å². The molecule has 0 spiro atoms. The summed E-state index contributed by atoms with van der Waals surface area (Å²) in [7, 11) is 0. The van der Waals surface area contributed by atoms with Crippen LogP contribution in [0.1, 0.15) is 5.56 Å². The maximum Gasteiger partial charge on any atom is 0.206 e. The summed E-state index contributed by atoms with van der Waals surface area (Å²) in [5, 5.41) is 32.1. The van der Waals surface area contributed by atoms with Crippen LogP contribution in [0.5, 0.6) is 5.75 Å². The summed E-state index contributed by atoms with van der Waals surface area (Å²) < 4.78 is 0. The molecular formula is C20H19N7OS. The molecule has 6 N–H and O–H groups in total. The highest BCUT2D eigenvalue weighted by atomic mass is 32.1. The van der Waals surface area contributed by atoms with Crippen LogP contribution in [-0.4, -0.2) is 43.1 Å². The Kier molecular flexibility index (Phi) is 4.38. The average Bonchev–Trinajstić information content (AvgIpc) is 3.45. The summed E-state index contributed by atoms with van der Waals surface area (Å²) >= 11 is 1.50. The van der Waals surface area contributed by atoms with Crippen LogP contribution in [0.15, 0.2) is 48.8 Å². The highest BCUT2D eigenvalue weighted by molar-refractivity contribution is 7.18. The van der Waals surface area contributed by atoms with Gasteiger partial charge < -0.3 is 21.1 Å². The molecule has 2 aromatic carbocycles. The lowest BCUT2D eigenvalue weighted by Gasteiger charge is -2.11. The number of nitrogens with one attached hydrogen (secondary N) is 3. The van der Waals surface area contributed by atoms with E-state index < -0.39 is 0 Å². The van der Waals surface area contributed by atoms with E-state index >= 15 is 0 Å². The standard InChI is InChI=1S/C20H19N7OS/c21-14(6-12-8-22-18-7-15(28)2-3-16(12)18)10-23-20-27-26-19(29-20)11-1-4-17-13(5-11)9-24-25-17/h1-5,7-9,14,22,28H,6,10,21H2,(H,23,27)(H,24,25)/t14-/m0/s1. The zero-order valence-corrected chi connectivity index (χ0v) is 16.2. The number of fused-ring (bicyclic) bond motifs is 2. The predicted molar refractivity (Wildman–Crippen MR) is 115 cm³/mol. The molecule has 0 radical (unpaired) electrons. The molecule has 0 unspecified atom stereocenters. The highest BCUT2D eigenvalue weighted by Crippen LogP contribution is 2.28. The second kappa shape index (κ2) is 7.19. The number of anilines is 1. The van der Waals surface area contributed by atoms with Gasteiger partial charge in [-0.2, -0.15) is 5.10 Å². The molecule has 29 heavy (non-hydrogen) atoms. The number of nitrogens with zero attached hydrogens (tertiary/aromatic N) is 3. The van der Waals surface area contributed by atoms with Crippen LogP contribution in [0.2, 0.25) is 0 Å². The minimum atomic E-state index is -0.0857. The molecule has 3 aromatic heterocycles. The Hall–Kier alpha value is -3.43. The van der Waals surface area contributed by atoms with Crippen molar-refractivity contribution in [2.45, 2.75) is 12.5 Å². The summed E-state index contributed by atoms with van der Waals surface area (Å²) in [5.41, 5.74) is 10.4. The van der Waals surface area contributed by atoms with Crippen molar-refractivity contribution in [2.75, 3.05) is 11.9 Å². The maximum absolute atomic E-state index is 9.59. The van der Waals surface area contributed by atoms with Crippen LogP contribution in [0.3, 0.4) is 0 Å². The number of rotatable bonds is 6. The number of benzene rings is 2. The smallest absolute Gasteiger partial charge is 0.206 e. The van der Waals surface area contributed by atoms with Gasteiger partial charge in [0.25, 0.3) is 0 Å². The Morgan fingerprint density at radius 2 is 2.07 bits per heavy atom. The average molecular weight is 405 g/mol. The van der Waals surface area contributed by atoms with Gasteiger partial charge in [0, 0.05) is 46.7 Å². The fourth-order valence-electron chi connectivity index (χ4n) is 3.40. The third-order valence-electron chi connectivity index (χ3n) is 4.86. The Morgan fingerprint density at radius 1 is 1.14 bits per heavy atom. The monoisotopic (exact) mass is 405 g/mol. The summed E-state index contributed by atoms with van der Waals surface area (Å²) in [6.07, 6.45) is 4.45. The zero-order valence-electron chi connectivity index (χ0n) is 15.4. The minimum absolute atomic E-state index is 0.0857. The molecular weight excluding hydrogens is 386 g/mol. The Morgan fingerprint density at radius 3 is 3.00 bits per heavy atom. The largest absolute Gasteiger partial charge is 0.508 e. The molecule has 0 aliphatic heterocycles. The Labute approximate surface area is 169 Å². The van der Waals surface area contributed by atoms with Gasteiger partial charge in [-0.25, -0.2) is 0 Å². The van der Waals surface area contributed by atoms with Crippen molar-refractivity contribution in [1.82, 2.24) is 25.4 Å². The molecule has 0 aliphatic carbocycles. The third kappa shape index (κ3) is 3.53.